The third kappa shape index (κ3) is 10.7. The Kier molecular flexibility index (Phi) is 13.9. The molecule has 0 aromatic heterocycles. The largest absolute Gasteiger partial charge is 0.490 e. The molecule has 0 radical (unpaired) electrons. The van der Waals surface area contributed by atoms with Crippen molar-refractivity contribution in [2.24, 2.45) is 11.8 Å². The van der Waals surface area contributed by atoms with Crippen LogP contribution in [0.15, 0.2) is 18.2 Å². The summed E-state index contributed by atoms with van der Waals surface area (Å²) in [5.74, 6) is 1.04. The van der Waals surface area contributed by atoms with Crippen LogP contribution in [0.5, 0.6) is 5.75 Å². The predicted octanol–water partition coefficient (Wildman–Crippen LogP) is 5.52. The highest BCUT2D eigenvalue weighted by Crippen LogP contribution is 2.29. The van der Waals surface area contributed by atoms with Crippen LogP contribution >= 0.6 is 0 Å². The molecular weight excluding hydrogens is 532 g/mol. The minimum Gasteiger partial charge on any atom is -0.490 e. The fourth-order valence-corrected chi connectivity index (χ4v) is 6.08. The van der Waals surface area contributed by atoms with Gasteiger partial charge in [0.1, 0.15) is 5.75 Å². The molecule has 1 fully saturated rings. The second-order valence-corrected chi connectivity index (χ2v) is 13.0. The summed E-state index contributed by atoms with van der Waals surface area (Å²) in [5.41, 5.74) is 0.883. The molecule has 3 N–H and O–H groups in total. The lowest BCUT2D eigenvalue weighted by Gasteiger charge is -2.36. The highest BCUT2D eigenvalue weighted by atomic mass is 16.5. The first-order chi connectivity index (χ1) is 20.1. The van der Waals surface area contributed by atoms with Crippen LogP contribution in [-0.2, 0) is 4.74 Å². The van der Waals surface area contributed by atoms with E-state index in [0.29, 0.717) is 30.2 Å². The maximum atomic E-state index is 14.2. The molecule has 1 saturated carbocycles. The van der Waals surface area contributed by atoms with Crippen LogP contribution in [0, 0.1) is 11.8 Å². The Morgan fingerprint density at radius 3 is 2.48 bits per heavy atom. The molecule has 0 spiro atoms. The van der Waals surface area contributed by atoms with Gasteiger partial charge in [-0.05, 0) is 91.0 Å². The number of nitrogens with one attached hydrogen (secondary N) is 2. The molecule has 1 aromatic rings. The average molecular weight is 589 g/mol. The van der Waals surface area contributed by atoms with Gasteiger partial charge in [-0.2, -0.15) is 0 Å². The molecule has 42 heavy (non-hydrogen) atoms. The summed E-state index contributed by atoms with van der Waals surface area (Å²) in [6, 6.07) is 4.45. The van der Waals surface area contributed by atoms with Gasteiger partial charge >= 0.3 is 6.03 Å². The van der Waals surface area contributed by atoms with Gasteiger partial charge in [-0.15, -0.1) is 0 Å². The smallest absolute Gasteiger partial charge is 0.319 e. The molecular formula is C33H56N4O5. The molecule has 0 saturated heterocycles. The topological polar surface area (TPSA) is 103 Å². The molecule has 1 aromatic carbocycles. The van der Waals surface area contributed by atoms with Crippen molar-refractivity contribution in [1.29, 1.82) is 0 Å². The number of rotatable bonds is 8. The number of anilines is 1. The third-order valence-corrected chi connectivity index (χ3v) is 8.52. The first kappa shape index (κ1) is 34.1. The van der Waals surface area contributed by atoms with Crippen molar-refractivity contribution in [2.75, 3.05) is 45.2 Å². The minimum absolute atomic E-state index is 0.0209. The van der Waals surface area contributed by atoms with Gasteiger partial charge in [0.2, 0.25) is 0 Å². The molecule has 2 aliphatic rings. The van der Waals surface area contributed by atoms with E-state index in [4.69, 9.17) is 9.47 Å². The number of likely N-dealkylation sites (N-methyl/N-ethyl adjacent to an activating group) is 1. The first-order valence-electron chi connectivity index (χ1n) is 16.2. The molecule has 1 aliphatic heterocycles. The van der Waals surface area contributed by atoms with Gasteiger partial charge in [0.15, 0.2) is 0 Å². The molecule has 1 aliphatic carbocycles. The number of ether oxygens (including phenoxy) is 2. The minimum atomic E-state index is -0.403. The van der Waals surface area contributed by atoms with Gasteiger partial charge in [0, 0.05) is 43.9 Å². The van der Waals surface area contributed by atoms with E-state index in [9.17, 15) is 14.7 Å². The summed E-state index contributed by atoms with van der Waals surface area (Å²) in [6.45, 7) is 12.6. The maximum absolute atomic E-state index is 14.2. The maximum Gasteiger partial charge on any atom is 0.319 e. The Hall–Kier alpha value is -2.36. The second kappa shape index (κ2) is 17.1. The van der Waals surface area contributed by atoms with Gasteiger partial charge in [0.25, 0.3) is 5.91 Å². The van der Waals surface area contributed by atoms with Crippen molar-refractivity contribution in [2.45, 2.75) is 110 Å². The Labute approximate surface area is 253 Å². The molecule has 238 valence electrons. The molecule has 4 atom stereocenters. The zero-order chi connectivity index (χ0) is 30.6. The predicted molar refractivity (Wildman–Crippen MR) is 168 cm³/mol. The van der Waals surface area contributed by atoms with Crippen LogP contribution < -0.4 is 15.4 Å². The normalized spacial score (nSPS) is 24.1. The summed E-state index contributed by atoms with van der Waals surface area (Å²) < 4.78 is 12.8. The molecule has 9 nitrogen and oxygen atoms in total. The van der Waals surface area contributed by atoms with Crippen LogP contribution in [0.4, 0.5) is 10.5 Å². The van der Waals surface area contributed by atoms with Crippen molar-refractivity contribution in [1.82, 2.24) is 15.1 Å². The quantitative estimate of drug-likeness (QED) is 0.369. The number of carbonyl (C=O) groups excluding carboxylic acids is 2. The zero-order valence-corrected chi connectivity index (χ0v) is 26.9. The van der Waals surface area contributed by atoms with Crippen molar-refractivity contribution < 1.29 is 24.2 Å². The van der Waals surface area contributed by atoms with E-state index in [2.05, 4.69) is 29.5 Å². The molecule has 0 bridgehead atoms. The highest BCUT2D eigenvalue weighted by molar-refractivity contribution is 5.99. The lowest BCUT2D eigenvalue weighted by Crippen LogP contribution is -2.47. The lowest BCUT2D eigenvalue weighted by molar-refractivity contribution is -0.0190. The fraction of sp³-hybridized carbons (Fsp3) is 0.758. The van der Waals surface area contributed by atoms with Gasteiger partial charge in [-0.25, -0.2) is 4.79 Å². The van der Waals surface area contributed by atoms with E-state index in [0.717, 1.165) is 38.3 Å². The number of aliphatic hydroxyl groups excluding tert-OH is 1. The Morgan fingerprint density at radius 1 is 1.07 bits per heavy atom. The van der Waals surface area contributed by atoms with Crippen LogP contribution in [0.3, 0.4) is 0 Å². The number of fused-ring (bicyclic) bond motifs is 1. The molecule has 9 heteroatoms. The van der Waals surface area contributed by atoms with Gasteiger partial charge in [-0.3, -0.25) is 4.79 Å². The summed E-state index contributed by atoms with van der Waals surface area (Å²) in [5, 5.41) is 15.8. The van der Waals surface area contributed by atoms with Crippen LogP contribution in [-0.4, -0.2) is 91.0 Å². The fourth-order valence-electron chi connectivity index (χ4n) is 6.08. The number of nitrogens with zero attached hydrogens (tertiary/aromatic N) is 2. The third-order valence-electron chi connectivity index (χ3n) is 8.52. The van der Waals surface area contributed by atoms with Crippen molar-refractivity contribution >= 4 is 17.6 Å². The standard InChI is InChI=1S/C33H56N4O5/c1-23(2)34-33(40)35-28-15-16-30-29(18-28)32(39)37(25(4)22-38)19-24(3)31(41-17-11-10-12-26(5)42-30)21-36(6)20-27-13-8-7-9-14-27/h15-16,18,23-27,31,38H,7-14,17,19-22H2,1-6H3,(H2,34,35,40)/t24-,25-,26-,31+/m0/s1. The number of amides is 3. The van der Waals surface area contributed by atoms with Gasteiger partial charge < -0.3 is 35.0 Å². The lowest BCUT2D eigenvalue weighted by atomic mass is 9.89. The summed E-state index contributed by atoms with van der Waals surface area (Å²) >= 11 is 0. The molecule has 3 rings (SSSR count). The van der Waals surface area contributed by atoms with E-state index >= 15 is 0 Å². The molecule has 3 amide bonds. The Bertz CT molecular complexity index is 983. The van der Waals surface area contributed by atoms with Crippen LogP contribution in [0.25, 0.3) is 0 Å². The van der Waals surface area contributed by atoms with Gasteiger partial charge in [-0.1, -0.05) is 26.2 Å². The second-order valence-electron chi connectivity index (χ2n) is 13.0. The number of benzene rings is 1. The average Bonchev–Trinajstić information content (AvgIpc) is 2.94. The Balaban J connectivity index is 1.87. The van der Waals surface area contributed by atoms with Crippen molar-refractivity contribution in [3.05, 3.63) is 23.8 Å². The van der Waals surface area contributed by atoms with E-state index in [-0.39, 0.29) is 42.7 Å². The van der Waals surface area contributed by atoms with Crippen LogP contribution in [0.2, 0.25) is 0 Å². The SMILES string of the molecule is CC(C)NC(=O)Nc1ccc2c(c1)C(=O)N([C@@H](C)CO)C[C@H](C)[C@@H](CN(C)CC1CCCCC1)OCCCC[C@H](C)O2. The number of hydrogen-bond acceptors (Lipinski definition) is 6. The summed E-state index contributed by atoms with van der Waals surface area (Å²) in [4.78, 5) is 30.8. The summed E-state index contributed by atoms with van der Waals surface area (Å²) in [6.07, 6.45) is 9.23. The number of carbonyl (C=O) groups is 2. The monoisotopic (exact) mass is 588 g/mol. The van der Waals surface area contributed by atoms with E-state index in [1.165, 1.54) is 32.1 Å². The van der Waals surface area contributed by atoms with Crippen LogP contribution in [0.1, 0.15) is 96.3 Å². The molecule has 1 heterocycles. The van der Waals surface area contributed by atoms with Crippen molar-refractivity contribution in [3.63, 3.8) is 0 Å². The number of aliphatic hydroxyl groups is 1. The van der Waals surface area contributed by atoms with E-state index < -0.39 is 6.04 Å². The van der Waals surface area contributed by atoms with E-state index in [1.54, 1.807) is 23.1 Å². The summed E-state index contributed by atoms with van der Waals surface area (Å²) in [7, 11) is 2.19. The highest BCUT2D eigenvalue weighted by Gasteiger charge is 2.31. The van der Waals surface area contributed by atoms with Gasteiger partial charge in [0.05, 0.1) is 30.4 Å². The Morgan fingerprint density at radius 2 is 1.79 bits per heavy atom. The van der Waals surface area contributed by atoms with Crippen molar-refractivity contribution in [3.8, 4) is 5.75 Å². The number of hydrogen-bond donors (Lipinski definition) is 3. The first-order valence-corrected chi connectivity index (χ1v) is 16.2. The number of urea groups is 1. The molecule has 0 unspecified atom stereocenters. The zero-order valence-electron chi connectivity index (χ0n) is 26.9. The van der Waals surface area contributed by atoms with E-state index in [1.807, 2.05) is 27.7 Å².